The fourth-order valence-corrected chi connectivity index (χ4v) is 4.99. The predicted molar refractivity (Wildman–Crippen MR) is 111 cm³/mol. The van der Waals surface area contributed by atoms with Gasteiger partial charge >= 0.3 is 0 Å². The summed E-state index contributed by atoms with van der Waals surface area (Å²) in [4.78, 5) is -0.225. The van der Waals surface area contributed by atoms with Crippen molar-refractivity contribution in [1.82, 2.24) is 0 Å². The molecule has 0 bridgehead atoms. The SMILES string of the molecule is O=S(=O)(/C=C/C(=C\c1cccc(F)c1)S(=O)(=O)c1ccccc1)c1ccccc1. The molecule has 3 aromatic rings. The number of hydrogen-bond acceptors (Lipinski definition) is 4. The van der Waals surface area contributed by atoms with E-state index < -0.39 is 25.5 Å². The highest BCUT2D eigenvalue weighted by molar-refractivity contribution is 7.96. The molecular weight excluding hydrogens is 411 g/mol. The van der Waals surface area contributed by atoms with E-state index in [-0.39, 0.29) is 14.7 Å². The lowest BCUT2D eigenvalue weighted by Crippen LogP contribution is -2.04. The summed E-state index contributed by atoms with van der Waals surface area (Å²) in [5, 5.41) is 0.841. The summed E-state index contributed by atoms with van der Waals surface area (Å²) in [6, 6.07) is 20.7. The molecule has 0 amide bonds. The Labute approximate surface area is 169 Å². The first-order chi connectivity index (χ1) is 13.8. The average molecular weight is 429 g/mol. The third-order valence-corrected chi connectivity index (χ3v) is 7.20. The second kappa shape index (κ2) is 8.55. The molecule has 0 aliphatic rings. The van der Waals surface area contributed by atoms with E-state index >= 15 is 0 Å². The summed E-state index contributed by atoms with van der Waals surface area (Å²) in [5.41, 5.74) is 0.293. The second-order valence-corrected chi connectivity index (χ2v) is 9.86. The maximum absolute atomic E-state index is 13.5. The lowest BCUT2D eigenvalue weighted by atomic mass is 10.2. The molecule has 29 heavy (non-hydrogen) atoms. The second-order valence-electron chi connectivity index (χ2n) is 6.08. The van der Waals surface area contributed by atoms with Crippen molar-refractivity contribution in [1.29, 1.82) is 0 Å². The zero-order chi connectivity index (χ0) is 20.9. The minimum absolute atomic E-state index is 0.00409. The van der Waals surface area contributed by atoms with Gasteiger partial charge in [-0.15, -0.1) is 0 Å². The minimum Gasteiger partial charge on any atom is -0.219 e. The highest BCUT2D eigenvalue weighted by Gasteiger charge is 2.20. The molecule has 3 aromatic carbocycles. The van der Waals surface area contributed by atoms with E-state index in [0.717, 1.165) is 11.5 Å². The van der Waals surface area contributed by atoms with Crippen LogP contribution in [0.5, 0.6) is 0 Å². The van der Waals surface area contributed by atoms with Gasteiger partial charge < -0.3 is 0 Å². The van der Waals surface area contributed by atoms with E-state index in [9.17, 15) is 21.2 Å². The van der Waals surface area contributed by atoms with Crippen LogP contribution in [0.1, 0.15) is 5.56 Å². The van der Waals surface area contributed by atoms with E-state index in [0.29, 0.717) is 5.56 Å². The quantitative estimate of drug-likeness (QED) is 0.537. The van der Waals surface area contributed by atoms with Crippen molar-refractivity contribution in [2.75, 3.05) is 0 Å². The van der Waals surface area contributed by atoms with E-state index in [2.05, 4.69) is 0 Å². The number of allylic oxidation sites excluding steroid dienone is 1. The summed E-state index contributed by atoms with van der Waals surface area (Å²) in [5.74, 6) is -0.531. The number of hydrogen-bond donors (Lipinski definition) is 0. The fourth-order valence-electron chi connectivity index (χ4n) is 2.56. The van der Waals surface area contributed by atoms with Crippen LogP contribution >= 0.6 is 0 Å². The van der Waals surface area contributed by atoms with Gasteiger partial charge in [-0.25, -0.2) is 21.2 Å². The Balaban J connectivity index is 2.11. The molecule has 7 heteroatoms. The maximum atomic E-state index is 13.5. The number of halogens is 1. The fraction of sp³-hybridized carbons (Fsp3) is 0. The molecule has 3 rings (SSSR count). The monoisotopic (exact) mass is 428 g/mol. The number of sulfone groups is 2. The highest BCUT2D eigenvalue weighted by atomic mass is 32.2. The molecule has 0 atom stereocenters. The van der Waals surface area contributed by atoms with Crippen molar-refractivity contribution in [3.05, 3.63) is 113 Å². The van der Waals surface area contributed by atoms with E-state index in [1.165, 1.54) is 54.6 Å². The topological polar surface area (TPSA) is 68.3 Å². The molecule has 0 saturated heterocycles. The van der Waals surface area contributed by atoms with E-state index in [1.54, 1.807) is 36.4 Å². The van der Waals surface area contributed by atoms with Crippen molar-refractivity contribution in [2.24, 2.45) is 0 Å². The Morgan fingerprint density at radius 1 is 0.724 bits per heavy atom. The van der Waals surface area contributed by atoms with Crippen LogP contribution in [0.15, 0.2) is 111 Å². The Morgan fingerprint density at radius 2 is 1.31 bits per heavy atom. The molecule has 0 saturated carbocycles. The van der Waals surface area contributed by atoms with Gasteiger partial charge in [0.2, 0.25) is 9.84 Å². The summed E-state index contributed by atoms with van der Waals surface area (Å²) < 4.78 is 64.8. The van der Waals surface area contributed by atoms with Crippen LogP contribution < -0.4 is 0 Å². The van der Waals surface area contributed by atoms with Crippen LogP contribution in [0.3, 0.4) is 0 Å². The standard InChI is InChI=1S/C22H17FO4S2/c23-19-9-7-8-18(16-19)17-22(29(26,27)21-12-5-2-6-13-21)14-15-28(24,25)20-10-3-1-4-11-20/h1-17H/b15-14+,22-17+. The number of rotatable bonds is 6. The third kappa shape index (κ3) is 5.07. The van der Waals surface area contributed by atoms with Crippen LogP contribution in [0.25, 0.3) is 6.08 Å². The van der Waals surface area contributed by atoms with Gasteiger partial charge in [-0.05, 0) is 54.1 Å². The summed E-state index contributed by atoms with van der Waals surface area (Å²) in [6.07, 6.45) is 2.26. The van der Waals surface area contributed by atoms with E-state index in [1.807, 2.05) is 0 Å². The first kappa shape index (κ1) is 20.7. The summed E-state index contributed by atoms with van der Waals surface area (Å²) in [7, 11) is -7.89. The van der Waals surface area contributed by atoms with Gasteiger partial charge in [-0.3, -0.25) is 0 Å². The van der Waals surface area contributed by atoms with Gasteiger partial charge in [-0.1, -0.05) is 48.5 Å². The molecule has 0 radical (unpaired) electrons. The lowest BCUT2D eigenvalue weighted by molar-refractivity contribution is 0.603. The van der Waals surface area contributed by atoms with Crippen molar-refractivity contribution in [2.45, 2.75) is 9.79 Å². The molecule has 0 aliphatic carbocycles. The van der Waals surface area contributed by atoms with Gasteiger partial charge in [0.1, 0.15) is 5.82 Å². The first-order valence-corrected chi connectivity index (χ1v) is 11.6. The van der Waals surface area contributed by atoms with Crippen LogP contribution in [0.4, 0.5) is 4.39 Å². The molecule has 0 fully saturated rings. The van der Waals surface area contributed by atoms with Gasteiger partial charge in [0.15, 0.2) is 9.84 Å². The average Bonchev–Trinajstić information content (AvgIpc) is 2.72. The van der Waals surface area contributed by atoms with Gasteiger partial charge in [0, 0.05) is 5.41 Å². The Morgan fingerprint density at radius 3 is 1.90 bits per heavy atom. The molecule has 0 aliphatic heterocycles. The molecule has 0 aromatic heterocycles. The van der Waals surface area contributed by atoms with Gasteiger partial charge in [0.05, 0.1) is 14.7 Å². The first-order valence-electron chi connectivity index (χ1n) is 8.55. The van der Waals surface area contributed by atoms with E-state index in [4.69, 9.17) is 0 Å². The van der Waals surface area contributed by atoms with Crippen molar-refractivity contribution in [3.8, 4) is 0 Å². The Kier molecular flexibility index (Phi) is 6.10. The molecule has 0 spiro atoms. The molecule has 0 heterocycles. The van der Waals surface area contributed by atoms with Crippen LogP contribution in [0, 0.1) is 5.82 Å². The smallest absolute Gasteiger partial charge is 0.206 e. The normalized spacial score (nSPS) is 12.9. The minimum atomic E-state index is -4.03. The van der Waals surface area contributed by atoms with Crippen molar-refractivity contribution in [3.63, 3.8) is 0 Å². The lowest BCUT2D eigenvalue weighted by Gasteiger charge is -2.07. The Hall–Kier alpha value is -3.03. The van der Waals surface area contributed by atoms with Crippen LogP contribution in [-0.4, -0.2) is 16.8 Å². The van der Waals surface area contributed by atoms with Crippen LogP contribution in [-0.2, 0) is 19.7 Å². The predicted octanol–water partition coefficient (Wildman–Crippen LogP) is 4.63. The molecular formula is C22H17FO4S2. The van der Waals surface area contributed by atoms with Gasteiger partial charge in [0.25, 0.3) is 0 Å². The Bertz CT molecular complexity index is 1260. The van der Waals surface area contributed by atoms with Crippen LogP contribution in [0.2, 0.25) is 0 Å². The van der Waals surface area contributed by atoms with Crippen molar-refractivity contribution >= 4 is 25.8 Å². The molecule has 4 nitrogen and oxygen atoms in total. The number of benzene rings is 3. The highest BCUT2D eigenvalue weighted by Crippen LogP contribution is 2.24. The van der Waals surface area contributed by atoms with Gasteiger partial charge in [-0.2, -0.15) is 0 Å². The molecule has 0 N–H and O–H groups in total. The molecule has 148 valence electrons. The zero-order valence-corrected chi connectivity index (χ0v) is 16.8. The summed E-state index contributed by atoms with van der Waals surface area (Å²) in [6.45, 7) is 0. The molecule has 0 unspecified atom stereocenters. The van der Waals surface area contributed by atoms with Crippen molar-refractivity contribution < 1.29 is 21.2 Å². The summed E-state index contributed by atoms with van der Waals surface area (Å²) >= 11 is 0. The largest absolute Gasteiger partial charge is 0.219 e. The maximum Gasteiger partial charge on any atom is 0.206 e. The zero-order valence-electron chi connectivity index (χ0n) is 15.1. The third-order valence-electron chi connectivity index (χ3n) is 4.00.